The second kappa shape index (κ2) is 3.46. The van der Waals surface area contributed by atoms with Crippen molar-refractivity contribution in [1.82, 2.24) is 9.97 Å². The van der Waals surface area contributed by atoms with E-state index in [9.17, 15) is 0 Å². The molecule has 0 saturated heterocycles. The molecule has 0 amide bonds. The molecule has 3 nitrogen and oxygen atoms in total. The van der Waals surface area contributed by atoms with E-state index >= 15 is 0 Å². The fourth-order valence-electron chi connectivity index (χ4n) is 0.947. The lowest BCUT2D eigenvalue weighted by atomic mass is 9.96. The number of hydrogen-bond donors (Lipinski definition) is 2. The first-order valence-electron chi connectivity index (χ1n) is 4.23. The fourth-order valence-corrected chi connectivity index (χ4v) is 1.16. The molecule has 72 valence electrons. The van der Waals surface area contributed by atoms with E-state index in [0.29, 0.717) is 4.64 Å². The van der Waals surface area contributed by atoms with Gasteiger partial charge < -0.3 is 10.3 Å². The van der Waals surface area contributed by atoms with Gasteiger partial charge >= 0.3 is 0 Å². The van der Waals surface area contributed by atoms with E-state index < -0.39 is 0 Å². The average Bonchev–Trinajstić information content (AvgIpc) is 2.01. The van der Waals surface area contributed by atoms with E-state index in [-0.39, 0.29) is 5.41 Å². The summed E-state index contributed by atoms with van der Waals surface area (Å²) in [6, 6.07) is 1.81. The maximum Gasteiger partial charge on any atom is 0.131 e. The third-order valence-corrected chi connectivity index (χ3v) is 1.93. The largest absolute Gasteiger partial charge is 0.375 e. The number of aromatic nitrogens is 2. The molecule has 0 spiro atoms. The van der Waals surface area contributed by atoms with Gasteiger partial charge in [-0.1, -0.05) is 33.0 Å². The van der Waals surface area contributed by atoms with Crippen molar-refractivity contribution in [2.24, 2.45) is 0 Å². The van der Waals surface area contributed by atoms with Crippen LogP contribution in [-0.2, 0) is 5.41 Å². The van der Waals surface area contributed by atoms with Crippen LogP contribution in [0.25, 0.3) is 0 Å². The molecule has 0 aliphatic rings. The molecule has 0 bridgehead atoms. The minimum Gasteiger partial charge on any atom is -0.375 e. The number of nitrogens with one attached hydrogen (secondary N) is 2. The van der Waals surface area contributed by atoms with Gasteiger partial charge in [-0.3, -0.25) is 0 Å². The molecular weight excluding hydrogens is 182 g/mol. The molecule has 0 saturated carbocycles. The molecule has 1 rings (SSSR count). The van der Waals surface area contributed by atoms with Crippen LogP contribution in [0.15, 0.2) is 6.07 Å². The Hall–Kier alpha value is -0.900. The zero-order chi connectivity index (χ0) is 10.1. The van der Waals surface area contributed by atoms with Crippen molar-refractivity contribution in [3.05, 3.63) is 16.5 Å². The van der Waals surface area contributed by atoms with Crippen LogP contribution >= 0.6 is 12.2 Å². The predicted molar refractivity (Wildman–Crippen MR) is 57.7 cm³/mol. The molecule has 0 unspecified atom stereocenters. The molecule has 4 heteroatoms. The summed E-state index contributed by atoms with van der Waals surface area (Å²) in [6.07, 6.45) is 0. The Labute approximate surface area is 83.6 Å². The summed E-state index contributed by atoms with van der Waals surface area (Å²) < 4.78 is 0.619. The lowest BCUT2D eigenvalue weighted by molar-refractivity contribution is 0.545. The lowest BCUT2D eigenvalue weighted by Gasteiger charge is -2.18. The zero-order valence-electron chi connectivity index (χ0n) is 8.43. The van der Waals surface area contributed by atoms with E-state index in [2.05, 4.69) is 36.1 Å². The van der Waals surface area contributed by atoms with Gasteiger partial charge in [-0.2, -0.15) is 0 Å². The molecular formula is C9H15N3S. The molecule has 2 N–H and O–H groups in total. The van der Waals surface area contributed by atoms with E-state index in [1.54, 1.807) is 0 Å². The zero-order valence-corrected chi connectivity index (χ0v) is 9.25. The Morgan fingerprint density at radius 3 is 2.54 bits per heavy atom. The summed E-state index contributed by atoms with van der Waals surface area (Å²) in [6.45, 7) is 6.29. The maximum absolute atomic E-state index is 5.05. The van der Waals surface area contributed by atoms with Crippen LogP contribution in [0.3, 0.4) is 0 Å². The predicted octanol–water partition coefficient (Wildman–Crippen LogP) is 2.48. The lowest BCUT2D eigenvalue weighted by Crippen LogP contribution is -2.16. The smallest absolute Gasteiger partial charge is 0.131 e. The minimum absolute atomic E-state index is 0.000417. The van der Waals surface area contributed by atoms with Crippen LogP contribution in [0.4, 0.5) is 5.82 Å². The van der Waals surface area contributed by atoms with Crippen LogP contribution in [0.5, 0.6) is 0 Å². The summed E-state index contributed by atoms with van der Waals surface area (Å²) in [5.74, 6) is 1.81. The fraction of sp³-hybridized carbons (Fsp3) is 0.556. The van der Waals surface area contributed by atoms with Gasteiger partial charge in [0.25, 0.3) is 0 Å². The first-order valence-corrected chi connectivity index (χ1v) is 4.64. The number of hydrogen-bond acceptors (Lipinski definition) is 3. The highest BCUT2D eigenvalue weighted by Crippen LogP contribution is 2.18. The highest BCUT2D eigenvalue weighted by Gasteiger charge is 2.16. The molecule has 0 aliphatic carbocycles. The molecule has 13 heavy (non-hydrogen) atoms. The van der Waals surface area contributed by atoms with E-state index in [4.69, 9.17) is 12.2 Å². The third-order valence-electron chi connectivity index (χ3n) is 1.72. The van der Waals surface area contributed by atoms with Crippen molar-refractivity contribution in [2.75, 3.05) is 12.4 Å². The van der Waals surface area contributed by atoms with E-state index in [0.717, 1.165) is 11.6 Å². The Morgan fingerprint density at radius 1 is 1.46 bits per heavy atom. The van der Waals surface area contributed by atoms with E-state index in [1.807, 2.05) is 13.1 Å². The molecule has 1 heterocycles. The number of rotatable bonds is 1. The average molecular weight is 197 g/mol. The van der Waals surface area contributed by atoms with Gasteiger partial charge in [0.05, 0.1) is 0 Å². The number of H-pyrrole nitrogens is 1. The van der Waals surface area contributed by atoms with Gasteiger partial charge in [0.1, 0.15) is 16.3 Å². The minimum atomic E-state index is 0.000417. The first-order chi connectivity index (χ1) is 5.93. The number of anilines is 1. The molecule has 0 aliphatic heterocycles. The Balaban J connectivity index is 3.24. The van der Waals surface area contributed by atoms with Crippen molar-refractivity contribution in [2.45, 2.75) is 26.2 Å². The molecule has 1 aromatic rings. The monoisotopic (exact) mass is 197 g/mol. The van der Waals surface area contributed by atoms with Crippen LogP contribution in [0.1, 0.15) is 26.6 Å². The summed E-state index contributed by atoms with van der Waals surface area (Å²) in [4.78, 5) is 7.46. The second-order valence-corrected chi connectivity index (χ2v) is 4.40. The summed E-state index contributed by atoms with van der Waals surface area (Å²) in [7, 11) is 1.85. The summed E-state index contributed by atoms with van der Waals surface area (Å²) >= 11 is 5.05. The van der Waals surface area contributed by atoms with Gasteiger partial charge in [-0.05, 0) is 0 Å². The standard InChI is InChI=1S/C9H15N3S/c1-9(2,3)8-11-6(10-4)5-7(13)12-8/h5H,1-4H3,(H2,10,11,12,13). The molecule has 1 aromatic heterocycles. The van der Waals surface area contributed by atoms with Gasteiger partial charge in [-0.25, -0.2) is 4.98 Å². The van der Waals surface area contributed by atoms with Gasteiger partial charge in [0, 0.05) is 18.5 Å². The Bertz CT molecular complexity index is 349. The van der Waals surface area contributed by atoms with Crippen molar-refractivity contribution in [3.8, 4) is 0 Å². The van der Waals surface area contributed by atoms with Crippen molar-refractivity contribution in [3.63, 3.8) is 0 Å². The van der Waals surface area contributed by atoms with Crippen LogP contribution in [0.2, 0.25) is 0 Å². The van der Waals surface area contributed by atoms with Crippen LogP contribution in [0, 0.1) is 4.64 Å². The number of nitrogens with zero attached hydrogens (tertiary/aromatic N) is 1. The molecule has 0 atom stereocenters. The second-order valence-electron chi connectivity index (χ2n) is 3.98. The SMILES string of the molecule is CNc1cc(=S)nc(C(C)(C)C)[nH]1. The van der Waals surface area contributed by atoms with Crippen molar-refractivity contribution < 1.29 is 0 Å². The summed E-state index contributed by atoms with van der Waals surface area (Å²) in [5, 5.41) is 3.02. The summed E-state index contributed by atoms with van der Waals surface area (Å²) in [5.41, 5.74) is 0.000417. The third kappa shape index (κ3) is 2.52. The number of aromatic amines is 1. The maximum atomic E-state index is 5.05. The van der Waals surface area contributed by atoms with Crippen LogP contribution in [-0.4, -0.2) is 17.0 Å². The highest BCUT2D eigenvalue weighted by atomic mass is 32.1. The normalized spacial score (nSPS) is 11.4. The van der Waals surface area contributed by atoms with Gasteiger partial charge in [0.2, 0.25) is 0 Å². The van der Waals surface area contributed by atoms with E-state index in [1.165, 1.54) is 0 Å². The van der Waals surface area contributed by atoms with Crippen molar-refractivity contribution >= 4 is 18.0 Å². The quantitative estimate of drug-likeness (QED) is 0.679. The van der Waals surface area contributed by atoms with Gasteiger partial charge in [0.15, 0.2) is 0 Å². The van der Waals surface area contributed by atoms with Crippen molar-refractivity contribution in [1.29, 1.82) is 0 Å². The highest BCUT2D eigenvalue weighted by molar-refractivity contribution is 7.71. The Morgan fingerprint density at radius 2 is 2.08 bits per heavy atom. The molecule has 0 fully saturated rings. The first kappa shape index (κ1) is 10.2. The molecule has 0 radical (unpaired) electrons. The van der Waals surface area contributed by atoms with Gasteiger partial charge in [-0.15, -0.1) is 0 Å². The topological polar surface area (TPSA) is 40.7 Å². The van der Waals surface area contributed by atoms with Crippen LogP contribution < -0.4 is 5.32 Å². The Kier molecular flexibility index (Phi) is 2.71. The molecule has 0 aromatic carbocycles.